The highest BCUT2D eigenvalue weighted by atomic mass is 79.9. The fraction of sp³-hybridized carbons (Fsp3) is 0.538. The van der Waals surface area contributed by atoms with Crippen molar-refractivity contribution in [3.05, 3.63) is 34.1 Å². The van der Waals surface area contributed by atoms with E-state index in [4.69, 9.17) is 0 Å². The van der Waals surface area contributed by atoms with Crippen LogP contribution in [0.15, 0.2) is 22.7 Å². The van der Waals surface area contributed by atoms with Gasteiger partial charge in [-0.15, -0.1) is 0 Å². The first-order valence-electron chi connectivity index (χ1n) is 5.58. The largest absolute Gasteiger partial charge is 0.312 e. The minimum Gasteiger partial charge on any atom is -0.312 e. The first-order valence-corrected chi connectivity index (χ1v) is 6.37. The lowest BCUT2D eigenvalue weighted by atomic mass is 10.1. The second-order valence-corrected chi connectivity index (χ2v) is 5.79. The maximum Gasteiger partial charge on any atom is 0.137 e. The van der Waals surface area contributed by atoms with Gasteiger partial charge >= 0.3 is 0 Å². The van der Waals surface area contributed by atoms with Crippen LogP contribution in [0.5, 0.6) is 0 Å². The summed E-state index contributed by atoms with van der Waals surface area (Å²) in [5, 5.41) is 3.42. The van der Waals surface area contributed by atoms with Gasteiger partial charge in [0.25, 0.3) is 0 Å². The number of rotatable bonds is 4. The predicted octanol–water partition coefficient (Wildman–Crippen LogP) is 3.91. The zero-order valence-corrected chi connectivity index (χ0v) is 11.7. The van der Waals surface area contributed by atoms with E-state index in [1.54, 1.807) is 6.07 Å². The fourth-order valence-electron chi connectivity index (χ4n) is 1.48. The highest BCUT2D eigenvalue weighted by Gasteiger charge is 2.08. The van der Waals surface area contributed by atoms with Crippen molar-refractivity contribution in [2.24, 2.45) is 0 Å². The quantitative estimate of drug-likeness (QED) is 0.828. The lowest BCUT2D eigenvalue weighted by Gasteiger charge is -2.20. The lowest BCUT2D eigenvalue weighted by Crippen LogP contribution is -2.36. The minimum atomic E-state index is -0.179. The van der Waals surface area contributed by atoms with Crippen molar-refractivity contribution in [3.63, 3.8) is 0 Å². The summed E-state index contributed by atoms with van der Waals surface area (Å²) in [7, 11) is 0. The highest BCUT2D eigenvalue weighted by Crippen LogP contribution is 2.21. The van der Waals surface area contributed by atoms with Crippen molar-refractivity contribution >= 4 is 15.9 Å². The maximum absolute atomic E-state index is 13.2. The smallest absolute Gasteiger partial charge is 0.137 e. The summed E-state index contributed by atoms with van der Waals surface area (Å²) < 4.78 is 13.8. The summed E-state index contributed by atoms with van der Waals surface area (Å²) in [5.41, 5.74) is 1.19. The third kappa shape index (κ3) is 4.62. The van der Waals surface area contributed by atoms with Crippen molar-refractivity contribution in [2.75, 3.05) is 6.54 Å². The van der Waals surface area contributed by atoms with E-state index in [9.17, 15) is 4.39 Å². The van der Waals surface area contributed by atoms with Crippen LogP contribution in [-0.4, -0.2) is 12.1 Å². The molecule has 16 heavy (non-hydrogen) atoms. The van der Waals surface area contributed by atoms with E-state index in [-0.39, 0.29) is 11.4 Å². The monoisotopic (exact) mass is 287 g/mol. The zero-order valence-electron chi connectivity index (χ0n) is 10.1. The molecule has 1 aromatic rings. The van der Waals surface area contributed by atoms with Gasteiger partial charge in [-0.3, -0.25) is 0 Å². The van der Waals surface area contributed by atoms with Crippen LogP contribution in [0.1, 0.15) is 32.8 Å². The molecule has 0 saturated heterocycles. The topological polar surface area (TPSA) is 12.0 Å². The molecule has 0 aliphatic carbocycles. The first kappa shape index (κ1) is 13.7. The molecule has 0 aromatic heterocycles. The van der Waals surface area contributed by atoms with E-state index in [0.29, 0.717) is 4.47 Å². The number of aryl methyl sites for hydroxylation is 1. The SMILES string of the molecule is CC(C)(C)NCCCc1cccc(F)c1Br. The Morgan fingerprint density at radius 2 is 2.00 bits per heavy atom. The van der Waals surface area contributed by atoms with Gasteiger partial charge in [0.05, 0.1) is 4.47 Å². The maximum atomic E-state index is 13.2. The molecular weight excluding hydrogens is 269 g/mol. The van der Waals surface area contributed by atoms with Gasteiger partial charge in [-0.05, 0) is 67.7 Å². The number of halogens is 2. The van der Waals surface area contributed by atoms with Crippen LogP contribution in [0, 0.1) is 5.82 Å². The molecule has 0 fully saturated rings. The molecule has 0 aliphatic rings. The van der Waals surface area contributed by atoms with Crippen LogP contribution in [0.2, 0.25) is 0 Å². The Balaban J connectivity index is 2.41. The van der Waals surface area contributed by atoms with Gasteiger partial charge in [-0.25, -0.2) is 4.39 Å². The molecule has 3 heteroatoms. The molecule has 90 valence electrons. The molecule has 1 N–H and O–H groups in total. The summed E-state index contributed by atoms with van der Waals surface area (Å²) in [6.07, 6.45) is 1.90. The van der Waals surface area contributed by atoms with Gasteiger partial charge in [0.15, 0.2) is 0 Å². The summed E-state index contributed by atoms with van der Waals surface area (Å²) in [5.74, 6) is -0.179. The van der Waals surface area contributed by atoms with Gasteiger partial charge in [-0.2, -0.15) is 0 Å². The summed E-state index contributed by atoms with van der Waals surface area (Å²) >= 11 is 3.28. The Labute approximate surface area is 106 Å². The van der Waals surface area contributed by atoms with Crippen LogP contribution in [0.4, 0.5) is 4.39 Å². The molecule has 0 spiro atoms. The molecule has 0 unspecified atom stereocenters. The third-order valence-corrected chi connectivity index (χ3v) is 3.20. The summed E-state index contributed by atoms with van der Waals surface area (Å²) in [6.45, 7) is 7.38. The molecule has 0 atom stereocenters. The van der Waals surface area contributed by atoms with E-state index >= 15 is 0 Å². The highest BCUT2D eigenvalue weighted by molar-refractivity contribution is 9.10. The molecule has 1 aromatic carbocycles. The van der Waals surface area contributed by atoms with Crippen LogP contribution in [0.25, 0.3) is 0 Å². The second-order valence-electron chi connectivity index (χ2n) is 4.99. The third-order valence-electron chi connectivity index (χ3n) is 2.31. The normalized spacial score (nSPS) is 11.8. The van der Waals surface area contributed by atoms with E-state index in [1.165, 1.54) is 6.07 Å². The Kier molecular flexibility index (Phi) is 4.93. The zero-order chi connectivity index (χ0) is 12.2. The van der Waals surface area contributed by atoms with Gasteiger partial charge in [0.1, 0.15) is 5.82 Å². The van der Waals surface area contributed by atoms with E-state index in [0.717, 1.165) is 24.9 Å². The number of hydrogen-bond donors (Lipinski definition) is 1. The Hall–Kier alpha value is -0.410. The minimum absolute atomic E-state index is 0.152. The van der Waals surface area contributed by atoms with Crippen molar-refractivity contribution in [2.45, 2.75) is 39.2 Å². The Bertz CT molecular complexity index is 344. The van der Waals surface area contributed by atoms with Crippen molar-refractivity contribution in [1.82, 2.24) is 5.32 Å². The van der Waals surface area contributed by atoms with E-state index in [2.05, 4.69) is 42.0 Å². The van der Waals surface area contributed by atoms with Gasteiger partial charge < -0.3 is 5.32 Å². The molecule has 0 radical (unpaired) electrons. The molecular formula is C13H19BrFN. The van der Waals surface area contributed by atoms with Crippen LogP contribution in [-0.2, 0) is 6.42 Å². The second kappa shape index (κ2) is 5.78. The van der Waals surface area contributed by atoms with Gasteiger partial charge in [0, 0.05) is 5.54 Å². The molecule has 1 nitrogen and oxygen atoms in total. The van der Waals surface area contributed by atoms with Crippen LogP contribution < -0.4 is 5.32 Å². The van der Waals surface area contributed by atoms with Crippen molar-refractivity contribution < 1.29 is 4.39 Å². The van der Waals surface area contributed by atoms with Gasteiger partial charge in [-0.1, -0.05) is 12.1 Å². The Morgan fingerprint density at radius 3 is 2.62 bits per heavy atom. The summed E-state index contributed by atoms with van der Waals surface area (Å²) in [4.78, 5) is 0. The average molecular weight is 288 g/mol. The number of hydrogen-bond acceptors (Lipinski definition) is 1. The fourth-order valence-corrected chi connectivity index (χ4v) is 1.95. The van der Waals surface area contributed by atoms with Crippen molar-refractivity contribution in [1.29, 1.82) is 0 Å². The first-order chi connectivity index (χ1) is 7.40. The van der Waals surface area contributed by atoms with Crippen LogP contribution >= 0.6 is 15.9 Å². The number of nitrogens with one attached hydrogen (secondary N) is 1. The molecule has 0 saturated carbocycles. The Morgan fingerprint density at radius 1 is 1.31 bits per heavy atom. The van der Waals surface area contributed by atoms with Gasteiger partial charge in [0.2, 0.25) is 0 Å². The number of benzene rings is 1. The van der Waals surface area contributed by atoms with Crippen molar-refractivity contribution in [3.8, 4) is 0 Å². The molecule has 0 amide bonds. The summed E-state index contributed by atoms with van der Waals surface area (Å²) in [6, 6.07) is 5.19. The average Bonchev–Trinajstić information content (AvgIpc) is 2.17. The van der Waals surface area contributed by atoms with Crippen LogP contribution in [0.3, 0.4) is 0 Å². The predicted molar refractivity (Wildman–Crippen MR) is 70.2 cm³/mol. The lowest BCUT2D eigenvalue weighted by molar-refractivity contribution is 0.422. The standard InChI is InChI=1S/C13H19BrFN/c1-13(2,3)16-9-5-7-10-6-4-8-11(15)12(10)14/h4,6,8,16H,5,7,9H2,1-3H3. The van der Waals surface area contributed by atoms with E-state index < -0.39 is 0 Å². The molecule has 0 heterocycles. The van der Waals surface area contributed by atoms with E-state index in [1.807, 2.05) is 6.07 Å². The molecule has 0 bridgehead atoms. The molecule has 0 aliphatic heterocycles. The molecule has 1 rings (SSSR count).